The highest BCUT2D eigenvalue weighted by molar-refractivity contribution is 5.95. The number of carbonyl (C=O) groups is 2. The number of hydrogen-bond donors (Lipinski definition) is 4. The zero-order valence-corrected chi connectivity index (χ0v) is 16.2. The van der Waals surface area contributed by atoms with Crippen LogP contribution in [0.4, 0.5) is 14.9 Å². The molecule has 0 aliphatic rings. The summed E-state index contributed by atoms with van der Waals surface area (Å²) < 4.78 is 13.6. The number of aliphatic hydroxyl groups excluding tert-OH is 1. The van der Waals surface area contributed by atoms with Gasteiger partial charge in [-0.05, 0) is 41.5 Å². The van der Waals surface area contributed by atoms with Gasteiger partial charge in [0, 0.05) is 29.9 Å². The van der Waals surface area contributed by atoms with Crippen LogP contribution in [0.25, 0.3) is 0 Å². The van der Waals surface area contributed by atoms with Crippen molar-refractivity contribution < 1.29 is 19.1 Å². The second-order valence-electron chi connectivity index (χ2n) is 6.59. The molecule has 0 atom stereocenters. The van der Waals surface area contributed by atoms with E-state index in [0.29, 0.717) is 16.8 Å². The summed E-state index contributed by atoms with van der Waals surface area (Å²) in [6, 6.07) is 19.5. The number of urea groups is 1. The van der Waals surface area contributed by atoms with E-state index in [1.807, 2.05) is 18.2 Å². The molecule has 0 aliphatic heterocycles. The average molecular weight is 407 g/mol. The van der Waals surface area contributed by atoms with Gasteiger partial charge in [-0.3, -0.25) is 4.79 Å². The third kappa shape index (κ3) is 5.65. The van der Waals surface area contributed by atoms with Gasteiger partial charge in [0.1, 0.15) is 5.82 Å². The Morgan fingerprint density at radius 1 is 0.767 bits per heavy atom. The topological polar surface area (TPSA) is 90.5 Å². The molecule has 154 valence electrons. The van der Waals surface area contributed by atoms with E-state index in [9.17, 15) is 19.1 Å². The predicted molar refractivity (Wildman–Crippen MR) is 112 cm³/mol. The van der Waals surface area contributed by atoms with Gasteiger partial charge in [0.05, 0.1) is 6.61 Å². The third-order valence-corrected chi connectivity index (χ3v) is 4.53. The number of amides is 3. The maximum absolute atomic E-state index is 13.6. The molecule has 30 heavy (non-hydrogen) atoms. The van der Waals surface area contributed by atoms with Crippen LogP contribution in [-0.4, -0.2) is 17.0 Å². The van der Waals surface area contributed by atoms with E-state index in [-0.39, 0.29) is 31.4 Å². The molecule has 0 saturated heterocycles. The lowest BCUT2D eigenvalue weighted by Gasteiger charge is -2.11. The molecule has 3 aromatic carbocycles. The molecule has 0 bridgehead atoms. The summed E-state index contributed by atoms with van der Waals surface area (Å²) in [4.78, 5) is 24.3. The fourth-order valence-corrected chi connectivity index (χ4v) is 2.86. The van der Waals surface area contributed by atoms with Crippen molar-refractivity contribution in [1.82, 2.24) is 10.6 Å². The van der Waals surface area contributed by atoms with Crippen LogP contribution in [0.15, 0.2) is 72.8 Å². The van der Waals surface area contributed by atoms with Crippen LogP contribution in [0, 0.1) is 5.82 Å². The maximum atomic E-state index is 13.6. The summed E-state index contributed by atoms with van der Waals surface area (Å²) in [5.41, 5.74) is 2.91. The van der Waals surface area contributed by atoms with Gasteiger partial charge in [0.2, 0.25) is 0 Å². The lowest BCUT2D eigenvalue weighted by molar-refractivity contribution is 0.0950. The van der Waals surface area contributed by atoms with Gasteiger partial charge < -0.3 is 21.1 Å². The molecular formula is C23H22FN3O3. The van der Waals surface area contributed by atoms with Gasteiger partial charge in [-0.2, -0.15) is 0 Å². The Morgan fingerprint density at radius 2 is 1.37 bits per heavy atom. The fourth-order valence-electron chi connectivity index (χ4n) is 2.86. The van der Waals surface area contributed by atoms with E-state index in [1.54, 1.807) is 48.5 Å². The van der Waals surface area contributed by atoms with Gasteiger partial charge >= 0.3 is 6.03 Å². The Balaban J connectivity index is 1.50. The van der Waals surface area contributed by atoms with Crippen molar-refractivity contribution in [3.8, 4) is 0 Å². The Hall–Kier alpha value is -3.71. The number of carbonyl (C=O) groups excluding carboxylic acids is 2. The van der Waals surface area contributed by atoms with E-state index >= 15 is 0 Å². The Bertz CT molecular complexity index is 1020. The van der Waals surface area contributed by atoms with Crippen LogP contribution in [0.3, 0.4) is 0 Å². The van der Waals surface area contributed by atoms with Gasteiger partial charge in [0.15, 0.2) is 0 Å². The van der Waals surface area contributed by atoms with E-state index in [2.05, 4.69) is 16.0 Å². The highest BCUT2D eigenvalue weighted by atomic mass is 19.1. The first-order valence-corrected chi connectivity index (χ1v) is 9.41. The lowest BCUT2D eigenvalue weighted by Crippen LogP contribution is -2.28. The first-order chi connectivity index (χ1) is 14.6. The summed E-state index contributed by atoms with van der Waals surface area (Å²) in [6.45, 7) is 0.266. The van der Waals surface area contributed by atoms with E-state index < -0.39 is 6.03 Å². The summed E-state index contributed by atoms with van der Waals surface area (Å²) in [5, 5.41) is 17.4. The van der Waals surface area contributed by atoms with Crippen LogP contribution < -0.4 is 16.0 Å². The van der Waals surface area contributed by atoms with Gasteiger partial charge in [-0.25, -0.2) is 9.18 Å². The van der Waals surface area contributed by atoms with Crippen molar-refractivity contribution in [2.24, 2.45) is 0 Å². The van der Waals surface area contributed by atoms with Crippen molar-refractivity contribution in [3.05, 3.63) is 101 Å². The van der Waals surface area contributed by atoms with Gasteiger partial charge in [0.25, 0.3) is 5.91 Å². The van der Waals surface area contributed by atoms with Crippen LogP contribution in [0.5, 0.6) is 0 Å². The molecule has 0 spiro atoms. The molecule has 4 N–H and O–H groups in total. The second kappa shape index (κ2) is 10.2. The number of nitrogens with one attached hydrogen (secondary N) is 3. The number of halogens is 1. The van der Waals surface area contributed by atoms with E-state index in [1.165, 1.54) is 6.07 Å². The molecule has 0 aliphatic carbocycles. The quantitative estimate of drug-likeness (QED) is 0.483. The third-order valence-electron chi connectivity index (χ3n) is 4.53. The summed E-state index contributed by atoms with van der Waals surface area (Å²) >= 11 is 0. The minimum absolute atomic E-state index is 0.0865. The molecular weight excluding hydrogens is 385 g/mol. The zero-order valence-electron chi connectivity index (χ0n) is 16.2. The molecule has 0 saturated carbocycles. The fraction of sp³-hybridized carbons (Fsp3) is 0.130. The van der Waals surface area contributed by atoms with Gasteiger partial charge in [-0.1, -0.05) is 42.5 Å². The largest absolute Gasteiger partial charge is 0.392 e. The molecule has 0 unspecified atom stereocenters. The number of benzene rings is 3. The summed E-state index contributed by atoms with van der Waals surface area (Å²) in [6.07, 6.45) is 0. The van der Waals surface area contributed by atoms with Crippen molar-refractivity contribution in [1.29, 1.82) is 0 Å². The summed E-state index contributed by atoms with van der Waals surface area (Å²) in [7, 11) is 0. The monoisotopic (exact) mass is 407 g/mol. The highest BCUT2D eigenvalue weighted by Crippen LogP contribution is 2.12. The SMILES string of the molecule is O=C(NCc1ccccc1CO)Nc1ccc(C(=O)NCc2ccccc2F)cc1. The first-order valence-electron chi connectivity index (χ1n) is 9.41. The molecule has 7 heteroatoms. The smallest absolute Gasteiger partial charge is 0.319 e. The minimum Gasteiger partial charge on any atom is -0.392 e. The number of aliphatic hydroxyl groups is 1. The van der Waals surface area contributed by atoms with Crippen molar-refractivity contribution >= 4 is 17.6 Å². The van der Waals surface area contributed by atoms with E-state index in [0.717, 1.165) is 11.1 Å². The van der Waals surface area contributed by atoms with Gasteiger partial charge in [-0.15, -0.1) is 0 Å². The number of hydrogen-bond acceptors (Lipinski definition) is 3. The standard InChI is InChI=1S/C23H22FN3O3/c24-21-8-4-3-6-18(21)14-25-22(29)16-9-11-20(12-10-16)27-23(30)26-13-17-5-1-2-7-19(17)15-28/h1-12,28H,13-15H2,(H,25,29)(H2,26,27,30). The van der Waals surface area contributed by atoms with Crippen molar-refractivity contribution in [3.63, 3.8) is 0 Å². The predicted octanol–water partition coefficient (Wildman–Crippen LogP) is 3.57. The molecule has 0 heterocycles. The number of rotatable bonds is 7. The summed E-state index contributed by atoms with van der Waals surface area (Å²) in [5.74, 6) is -0.708. The Morgan fingerprint density at radius 3 is 2.03 bits per heavy atom. The first kappa shape index (κ1) is 21.0. The molecule has 3 amide bonds. The van der Waals surface area contributed by atoms with Crippen LogP contribution in [-0.2, 0) is 19.7 Å². The molecule has 0 radical (unpaired) electrons. The molecule has 0 aromatic heterocycles. The lowest BCUT2D eigenvalue weighted by atomic mass is 10.1. The molecule has 0 fully saturated rings. The molecule has 3 rings (SSSR count). The normalized spacial score (nSPS) is 10.3. The van der Waals surface area contributed by atoms with Crippen LogP contribution in [0.2, 0.25) is 0 Å². The molecule has 3 aromatic rings. The van der Waals surface area contributed by atoms with Crippen molar-refractivity contribution in [2.45, 2.75) is 19.7 Å². The van der Waals surface area contributed by atoms with E-state index in [4.69, 9.17) is 0 Å². The maximum Gasteiger partial charge on any atom is 0.319 e. The zero-order chi connectivity index (χ0) is 21.3. The number of anilines is 1. The van der Waals surface area contributed by atoms with Crippen molar-refractivity contribution in [2.75, 3.05) is 5.32 Å². The van der Waals surface area contributed by atoms with Crippen LogP contribution in [0.1, 0.15) is 27.0 Å². The average Bonchev–Trinajstić information content (AvgIpc) is 2.77. The minimum atomic E-state index is -0.403. The molecule has 6 nitrogen and oxygen atoms in total. The highest BCUT2D eigenvalue weighted by Gasteiger charge is 2.09. The Labute approximate surface area is 173 Å². The van der Waals surface area contributed by atoms with Crippen LogP contribution >= 0.6 is 0 Å². The Kier molecular flexibility index (Phi) is 7.13. The second-order valence-corrected chi connectivity index (χ2v) is 6.59.